The number of aryl methyl sites for hydroxylation is 1. The first-order chi connectivity index (χ1) is 12.9. The van der Waals surface area contributed by atoms with E-state index in [4.69, 9.17) is 0 Å². The van der Waals surface area contributed by atoms with Gasteiger partial charge in [0.2, 0.25) is 5.82 Å². The third-order valence-corrected chi connectivity index (χ3v) is 5.01. The zero-order valence-electron chi connectivity index (χ0n) is 14.2. The number of hydrogen-bond donors (Lipinski definition) is 0. The molecule has 4 rings (SSSR count). The summed E-state index contributed by atoms with van der Waals surface area (Å²) in [5.41, 5.74) is 3.27. The van der Waals surface area contributed by atoms with Gasteiger partial charge in [-0.05, 0) is 25.1 Å². The predicted octanol–water partition coefficient (Wildman–Crippen LogP) is 5.19. The number of nitrogens with zero attached hydrogens (tertiary/aromatic N) is 4. The number of halogens is 3. The van der Waals surface area contributed by atoms with Crippen LogP contribution in [0.3, 0.4) is 0 Å². The van der Waals surface area contributed by atoms with E-state index in [-0.39, 0.29) is 10.5 Å². The number of alkyl halides is 3. The second kappa shape index (κ2) is 6.77. The van der Waals surface area contributed by atoms with Gasteiger partial charge in [-0.25, -0.2) is 19.9 Å². The van der Waals surface area contributed by atoms with E-state index in [1.54, 1.807) is 24.3 Å². The van der Waals surface area contributed by atoms with E-state index in [2.05, 4.69) is 19.9 Å². The van der Waals surface area contributed by atoms with Gasteiger partial charge in [0.05, 0.1) is 27.9 Å². The van der Waals surface area contributed by atoms with Crippen LogP contribution in [0.1, 0.15) is 17.2 Å². The molecule has 0 spiro atoms. The quantitative estimate of drug-likeness (QED) is 0.358. The number of thioether (sulfide) groups is 1. The molecule has 0 saturated carbocycles. The predicted molar refractivity (Wildman–Crippen MR) is 98.4 cm³/mol. The van der Waals surface area contributed by atoms with Gasteiger partial charge >= 0.3 is 6.18 Å². The first-order valence-corrected chi connectivity index (χ1v) is 9.09. The van der Waals surface area contributed by atoms with Crippen LogP contribution in [0.4, 0.5) is 13.2 Å². The van der Waals surface area contributed by atoms with Crippen LogP contribution < -0.4 is 0 Å². The van der Waals surface area contributed by atoms with Gasteiger partial charge in [0.15, 0.2) is 0 Å². The van der Waals surface area contributed by atoms with E-state index < -0.39 is 12.0 Å². The Hall–Kier alpha value is -2.74. The average molecular weight is 386 g/mol. The number of para-hydroxylation sites is 3. The molecule has 0 aliphatic carbocycles. The monoisotopic (exact) mass is 386 g/mol. The lowest BCUT2D eigenvalue weighted by molar-refractivity contribution is -0.145. The minimum atomic E-state index is -4.60. The lowest BCUT2D eigenvalue weighted by atomic mass is 10.2. The second-order valence-corrected chi connectivity index (χ2v) is 6.86. The maximum Gasteiger partial charge on any atom is 0.451 e. The van der Waals surface area contributed by atoms with Crippen molar-refractivity contribution in [2.24, 2.45) is 0 Å². The highest BCUT2D eigenvalue weighted by molar-refractivity contribution is 7.98. The van der Waals surface area contributed by atoms with Gasteiger partial charge in [-0.1, -0.05) is 42.1 Å². The van der Waals surface area contributed by atoms with Gasteiger partial charge < -0.3 is 0 Å². The van der Waals surface area contributed by atoms with Crippen LogP contribution in [-0.2, 0) is 11.9 Å². The molecule has 2 heterocycles. The topological polar surface area (TPSA) is 51.6 Å². The van der Waals surface area contributed by atoms with Crippen molar-refractivity contribution in [2.75, 3.05) is 0 Å². The van der Waals surface area contributed by atoms with Gasteiger partial charge in [-0.2, -0.15) is 13.2 Å². The van der Waals surface area contributed by atoms with Crippen LogP contribution in [0.25, 0.3) is 21.9 Å². The molecule has 0 unspecified atom stereocenters. The van der Waals surface area contributed by atoms with Gasteiger partial charge in [-0.15, -0.1) is 0 Å². The summed E-state index contributed by atoms with van der Waals surface area (Å²) in [5, 5.41) is 0.865. The van der Waals surface area contributed by atoms with Gasteiger partial charge in [0, 0.05) is 11.1 Å². The molecule has 136 valence electrons. The number of fused-ring (bicyclic) bond motifs is 2. The summed E-state index contributed by atoms with van der Waals surface area (Å²) in [7, 11) is 0. The Kier molecular flexibility index (Phi) is 4.43. The van der Waals surface area contributed by atoms with Crippen LogP contribution in [0.15, 0.2) is 53.6 Å². The van der Waals surface area contributed by atoms with E-state index in [1.807, 2.05) is 31.2 Å². The van der Waals surface area contributed by atoms with E-state index in [0.717, 1.165) is 22.4 Å². The molecule has 0 bridgehead atoms. The largest absolute Gasteiger partial charge is 0.451 e. The minimum absolute atomic E-state index is 0.267. The van der Waals surface area contributed by atoms with Crippen molar-refractivity contribution in [1.82, 2.24) is 19.9 Å². The highest BCUT2D eigenvalue weighted by atomic mass is 32.2. The number of aromatic nitrogens is 4. The highest BCUT2D eigenvalue weighted by Gasteiger charge is 2.35. The average Bonchev–Trinajstić information content (AvgIpc) is 2.65. The summed E-state index contributed by atoms with van der Waals surface area (Å²) in [6, 6.07) is 14.2. The molecule has 2 aromatic carbocycles. The Morgan fingerprint density at radius 1 is 0.815 bits per heavy atom. The molecular weight excluding hydrogens is 373 g/mol. The van der Waals surface area contributed by atoms with Crippen molar-refractivity contribution < 1.29 is 13.2 Å². The lowest BCUT2D eigenvalue weighted by Gasteiger charge is -2.11. The third-order valence-electron chi connectivity index (χ3n) is 4.01. The lowest BCUT2D eigenvalue weighted by Crippen LogP contribution is -2.11. The zero-order valence-corrected chi connectivity index (χ0v) is 15.0. The molecule has 0 radical (unpaired) electrons. The Morgan fingerprint density at radius 2 is 1.44 bits per heavy atom. The third kappa shape index (κ3) is 3.57. The standard InChI is InChI=1S/C19H13F3N4S/c1-11-16(24-15-9-5-4-8-14(15)23-11)10-27-17-12-6-2-3-7-13(12)25-18(26-17)19(20,21)22/h2-9H,10H2,1H3. The molecule has 4 aromatic rings. The van der Waals surface area contributed by atoms with Crippen LogP contribution in [0.5, 0.6) is 0 Å². The molecular formula is C19H13F3N4S. The molecule has 27 heavy (non-hydrogen) atoms. The summed E-state index contributed by atoms with van der Waals surface area (Å²) >= 11 is 1.20. The van der Waals surface area contributed by atoms with E-state index >= 15 is 0 Å². The normalized spacial score (nSPS) is 12.0. The minimum Gasteiger partial charge on any atom is -0.250 e. The Labute approximate surface area is 156 Å². The van der Waals surface area contributed by atoms with Crippen LogP contribution in [0.2, 0.25) is 0 Å². The first kappa shape index (κ1) is 17.7. The van der Waals surface area contributed by atoms with Crippen molar-refractivity contribution in [3.8, 4) is 0 Å². The molecule has 0 saturated heterocycles. The number of benzene rings is 2. The Bertz CT molecular complexity index is 1140. The summed E-state index contributed by atoms with van der Waals surface area (Å²) in [6.07, 6.45) is -4.60. The second-order valence-electron chi connectivity index (χ2n) is 5.90. The van der Waals surface area contributed by atoms with Crippen LogP contribution in [0, 0.1) is 6.92 Å². The van der Waals surface area contributed by atoms with Crippen molar-refractivity contribution >= 4 is 33.7 Å². The fraction of sp³-hybridized carbons (Fsp3) is 0.158. The maximum absolute atomic E-state index is 13.1. The molecule has 0 N–H and O–H groups in total. The molecule has 8 heteroatoms. The molecule has 4 nitrogen and oxygen atoms in total. The number of hydrogen-bond acceptors (Lipinski definition) is 5. The smallest absolute Gasteiger partial charge is 0.250 e. The van der Waals surface area contributed by atoms with Crippen molar-refractivity contribution in [3.63, 3.8) is 0 Å². The fourth-order valence-electron chi connectivity index (χ4n) is 2.68. The molecule has 0 atom stereocenters. The van der Waals surface area contributed by atoms with Crippen molar-refractivity contribution in [2.45, 2.75) is 23.9 Å². The molecule has 0 aliphatic rings. The Balaban J connectivity index is 1.72. The van der Waals surface area contributed by atoms with Crippen LogP contribution >= 0.6 is 11.8 Å². The van der Waals surface area contributed by atoms with E-state index in [9.17, 15) is 13.2 Å². The summed E-state index contributed by atoms with van der Waals surface area (Å²) in [5.74, 6) is -0.771. The maximum atomic E-state index is 13.1. The van der Waals surface area contributed by atoms with Crippen molar-refractivity contribution in [1.29, 1.82) is 0 Å². The summed E-state index contributed by atoms with van der Waals surface area (Å²) in [4.78, 5) is 16.5. The van der Waals surface area contributed by atoms with Crippen LogP contribution in [-0.4, -0.2) is 19.9 Å². The van der Waals surface area contributed by atoms with Crippen molar-refractivity contribution in [3.05, 3.63) is 65.7 Å². The van der Waals surface area contributed by atoms with Gasteiger partial charge in [0.1, 0.15) is 5.03 Å². The summed E-state index contributed by atoms with van der Waals surface area (Å²) < 4.78 is 39.4. The van der Waals surface area contributed by atoms with Gasteiger partial charge in [-0.3, -0.25) is 0 Å². The molecule has 2 aromatic heterocycles. The van der Waals surface area contributed by atoms with E-state index in [0.29, 0.717) is 11.1 Å². The highest BCUT2D eigenvalue weighted by Crippen LogP contribution is 2.33. The SMILES string of the molecule is Cc1nc2ccccc2nc1CSc1nc(C(F)(F)F)nc2ccccc12. The zero-order chi connectivity index (χ0) is 19.0. The molecule has 0 fully saturated rings. The summed E-state index contributed by atoms with van der Waals surface area (Å²) in [6.45, 7) is 1.84. The number of rotatable bonds is 3. The van der Waals surface area contributed by atoms with E-state index in [1.165, 1.54) is 11.8 Å². The Morgan fingerprint density at radius 3 is 2.15 bits per heavy atom. The fourth-order valence-corrected chi connectivity index (χ4v) is 3.71. The molecule has 0 amide bonds. The first-order valence-electron chi connectivity index (χ1n) is 8.11. The molecule has 0 aliphatic heterocycles. The van der Waals surface area contributed by atoms with Gasteiger partial charge in [0.25, 0.3) is 0 Å².